The van der Waals surface area contributed by atoms with Gasteiger partial charge < -0.3 is 15.4 Å². The van der Waals surface area contributed by atoms with Crippen LogP contribution in [0.4, 0.5) is 0 Å². The van der Waals surface area contributed by atoms with Crippen LogP contribution in [0.3, 0.4) is 0 Å². The van der Waals surface area contributed by atoms with Gasteiger partial charge in [0.1, 0.15) is 5.75 Å². The summed E-state index contributed by atoms with van der Waals surface area (Å²) in [4.78, 5) is 13.6. The molecule has 5 heteroatoms. The Labute approximate surface area is 112 Å². The molecule has 2 rings (SSSR count). The Hall–Kier alpha value is -1.26. The second-order valence-corrected chi connectivity index (χ2v) is 4.92. The molecule has 1 aromatic rings. The highest BCUT2D eigenvalue weighted by atomic mass is 35.5. The molecule has 0 unspecified atom stereocenters. The average Bonchev–Trinajstić information content (AvgIpc) is 3.20. The Balaban J connectivity index is 1.94. The molecule has 0 atom stereocenters. The summed E-state index contributed by atoms with van der Waals surface area (Å²) in [7, 11) is 1.81. The third-order valence-corrected chi connectivity index (χ3v) is 3.32. The number of hydrogen-bond donors (Lipinski definition) is 1. The van der Waals surface area contributed by atoms with Crippen molar-refractivity contribution in [2.45, 2.75) is 25.4 Å². The average molecular weight is 269 g/mol. The third kappa shape index (κ3) is 3.15. The van der Waals surface area contributed by atoms with E-state index in [1.165, 1.54) is 0 Å². The van der Waals surface area contributed by atoms with Gasteiger partial charge in [-0.25, -0.2) is 0 Å². The lowest BCUT2D eigenvalue weighted by Gasteiger charge is -2.17. The topological polar surface area (TPSA) is 55.6 Å². The molecule has 98 valence electrons. The zero-order valence-electron chi connectivity index (χ0n) is 10.4. The van der Waals surface area contributed by atoms with Crippen LogP contribution in [0.2, 0.25) is 5.02 Å². The van der Waals surface area contributed by atoms with Crippen molar-refractivity contribution in [2.75, 3.05) is 13.7 Å². The minimum atomic E-state index is -0.00424. The standard InChI is InChI=1S/C13H17ClN2O2/c1-16(11-3-4-11)13(17)8-18-12-5-2-10(14)6-9(12)7-15/h2,5-6,11H,3-4,7-8,15H2,1H3. The normalized spacial score (nSPS) is 14.4. The Bertz CT molecular complexity index is 447. The Morgan fingerprint density at radius 2 is 2.28 bits per heavy atom. The number of ether oxygens (including phenoxy) is 1. The Morgan fingerprint density at radius 3 is 2.89 bits per heavy atom. The van der Waals surface area contributed by atoms with Gasteiger partial charge in [-0.2, -0.15) is 0 Å². The lowest BCUT2D eigenvalue weighted by molar-refractivity contribution is -0.132. The lowest BCUT2D eigenvalue weighted by atomic mass is 10.2. The van der Waals surface area contributed by atoms with E-state index in [9.17, 15) is 4.79 Å². The molecule has 0 saturated heterocycles. The number of nitrogens with two attached hydrogens (primary N) is 1. The number of likely N-dealkylation sites (N-methyl/N-ethyl adjacent to an activating group) is 1. The molecule has 0 heterocycles. The van der Waals surface area contributed by atoms with Crippen LogP contribution in [-0.2, 0) is 11.3 Å². The fourth-order valence-electron chi connectivity index (χ4n) is 1.76. The molecule has 0 bridgehead atoms. The molecule has 0 radical (unpaired) electrons. The minimum Gasteiger partial charge on any atom is -0.483 e. The van der Waals surface area contributed by atoms with Gasteiger partial charge in [0.15, 0.2) is 6.61 Å². The van der Waals surface area contributed by atoms with Crippen molar-refractivity contribution in [3.8, 4) is 5.75 Å². The van der Waals surface area contributed by atoms with Crippen molar-refractivity contribution >= 4 is 17.5 Å². The van der Waals surface area contributed by atoms with Crippen LogP contribution in [0.25, 0.3) is 0 Å². The molecule has 1 aliphatic rings. The number of benzene rings is 1. The third-order valence-electron chi connectivity index (χ3n) is 3.08. The van der Waals surface area contributed by atoms with Crippen LogP contribution in [0.15, 0.2) is 18.2 Å². The number of rotatable bonds is 5. The van der Waals surface area contributed by atoms with Gasteiger partial charge in [0.05, 0.1) is 0 Å². The fourth-order valence-corrected chi connectivity index (χ4v) is 1.95. The summed E-state index contributed by atoms with van der Waals surface area (Å²) in [5.74, 6) is 0.620. The molecule has 1 amide bonds. The quantitative estimate of drug-likeness (QED) is 0.886. The first-order valence-corrected chi connectivity index (χ1v) is 6.36. The van der Waals surface area contributed by atoms with Crippen LogP contribution < -0.4 is 10.5 Å². The number of hydrogen-bond acceptors (Lipinski definition) is 3. The number of nitrogens with zero attached hydrogens (tertiary/aromatic N) is 1. The summed E-state index contributed by atoms with van der Waals surface area (Å²) in [6.45, 7) is 0.379. The molecule has 0 spiro atoms. The van der Waals surface area contributed by atoms with E-state index < -0.39 is 0 Å². The van der Waals surface area contributed by atoms with Gasteiger partial charge in [0.2, 0.25) is 0 Å². The maximum atomic E-state index is 11.8. The summed E-state index contributed by atoms with van der Waals surface area (Å²) in [6.07, 6.45) is 2.19. The summed E-state index contributed by atoms with van der Waals surface area (Å²) in [5, 5.41) is 0.615. The lowest BCUT2D eigenvalue weighted by Crippen LogP contribution is -2.33. The molecule has 18 heavy (non-hydrogen) atoms. The van der Waals surface area contributed by atoms with Crippen molar-refractivity contribution in [1.82, 2.24) is 4.90 Å². The second kappa shape index (κ2) is 5.59. The van der Waals surface area contributed by atoms with E-state index in [0.29, 0.717) is 23.4 Å². The summed E-state index contributed by atoms with van der Waals surface area (Å²) in [6, 6.07) is 5.63. The molecular formula is C13H17ClN2O2. The second-order valence-electron chi connectivity index (χ2n) is 4.48. The molecule has 1 aliphatic carbocycles. The van der Waals surface area contributed by atoms with E-state index in [0.717, 1.165) is 18.4 Å². The van der Waals surface area contributed by atoms with E-state index in [1.54, 1.807) is 23.1 Å². The van der Waals surface area contributed by atoms with Crippen molar-refractivity contribution < 1.29 is 9.53 Å². The molecule has 1 fully saturated rings. The Kier molecular flexibility index (Phi) is 4.09. The van der Waals surface area contributed by atoms with Gasteiger partial charge >= 0.3 is 0 Å². The highest BCUT2D eigenvalue weighted by Crippen LogP contribution is 2.26. The molecule has 1 aromatic carbocycles. The first kappa shape index (κ1) is 13.2. The van der Waals surface area contributed by atoms with E-state index >= 15 is 0 Å². The maximum absolute atomic E-state index is 11.8. The van der Waals surface area contributed by atoms with Gasteiger partial charge in [0.25, 0.3) is 5.91 Å². The number of amides is 1. The van der Waals surface area contributed by atoms with Crippen molar-refractivity contribution in [3.05, 3.63) is 28.8 Å². The van der Waals surface area contributed by atoms with Gasteiger partial charge in [-0.15, -0.1) is 0 Å². The van der Waals surface area contributed by atoms with Gasteiger partial charge in [-0.3, -0.25) is 4.79 Å². The largest absolute Gasteiger partial charge is 0.483 e. The monoisotopic (exact) mass is 268 g/mol. The van der Waals surface area contributed by atoms with Crippen molar-refractivity contribution in [3.63, 3.8) is 0 Å². The molecule has 1 saturated carbocycles. The van der Waals surface area contributed by atoms with E-state index in [4.69, 9.17) is 22.1 Å². The predicted octanol–water partition coefficient (Wildman–Crippen LogP) is 1.80. The number of carbonyl (C=O) groups excluding carboxylic acids is 1. The first-order valence-electron chi connectivity index (χ1n) is 5.98. The summed E-state index contributed by atoms with van der Waals surface area (Å²) < 4.78 is 5.51. The van der Waals surface area contributed by atoms with Gasteiger partial charge in [0, 0.05) is 30.2 Å². The molecule has 0 aromatic heterocycles. The van der Waals surface area contributed by atoms with E-state index in [-0.39, 0.29) is 12.5 Å². The van der Waals surface area contributed by atoms with Crippen molar-refractivity contribution in [1.29, 1.82) is 0 Å². The molecule has 2 N–H and O–H groups in total. The molecule has 4 nitrogen and oxygen atoms in total. The minimum absolute atomic E-state index is 0.00424. The highest BCUT2D eigenvalue weighted by Gasteiger charge is 2.29. The first-order chi connectivity index (χ1) is 8.61. The van der Waals surface area contributed by atoms with E-state index in [1.807, 2.05) is 7.05 Å². The number of halogens is 1. The Morgan fingerprint density at radius 1 is 1.56 bits per heavy atom. The maximum Gasteiger partial charge on any atom is 0.260 e. The van der Waals surface area contributed by atoms with Crippen molar-refractivity contribution in [2.24, 2.45) is 5.73 Å². The van der Waals surface area contributed by atoms with Crippen LogP contribution in [0, 0.1) is 0 Å². The summed E-state index contributed by atoms with van der Waals surface area (Å²) in [5.41, 5.74) is 6.42. The molecule has 0 aliphatic heterocycles. The van der Waals surface area contributed by atoms with Crippen LogP contribution in [-0.4, -0.2) is 30.5 Å². The summed E-state index contributed by atoms with van der Waals surface area (Å²) >= 11 is 5.87. The highest BCUT2D eigenvalue weighted by molar-refractivity contribution is 6.30. The fraction of sp³-hybridized carbons (Fsp3) is 0.462. The number of carbonyl (C=O) groups is 1. The predicted molar refractivity (Wildman–Crippen MR) is 70.6 cm³/mol. The van der Waals surface area contributed by atoms with Crippen LogP contribution in [0.1, 0.15) is 18.4 Å². The SMILES string of the molecule is CN(C(=O)COc1ccc(Cl)cc1CN)C1CC1. The van der Waals surface area contributed by atoms with Gasteiger partial charge in [-0.05, 0) is 31.0 Å². The van der Waals surface area contributed by atoms with Crippen LogP contribution in [0.5, 0.6) is 5.75 Å². The zero-order chi connectivity index (χ0) is 13.1. The molecular weight excluding hydrogens is 252 g/mol. The van der Waals surface area contributed by atoms with Gasteiger partial charge in [-0.1, -0.05) is 11.6 Å². The zero-order valence-corrected chi connectivity index (χ0v) is 11.1. The smallest absolute Gasteiger partial charge is 0.260 e. The van der Waals surface area contributed by atoms with E-state index in [2.05, 4.69) is 0 Å². The van der Waals surface area contributed by atoms with Crippen LogP contribution >= 0.6 is 11.6 Å².